The molecule has 0 aliphatic heterocycles. The second-order valence-electron chi connectivity index (χ2n) is 9.69. The van der Waals surface area contributed by atoms with E-state index in [1.54, 1.807) is 43.1 Å². The van der Waals surface area contributed by atoms with Crippen molar-refractivity contribution in [1.82, 2.24) is 30.3 Å². The molecule has 0 unspecified atom stereocenters. The van der Waals surface area contributed by atoms with Gasteiger partial charge in [-0.3, -0.25) is 14.5 Å². The van der Waals surface area contributed by atoms with Crippen LogP contribution in [0.15, 0.2) is 36.3 Å². The smallest absolute Gasteiger partial charge is 0.273 e. The highest BCUT2D eigenvalue weighted by atomic mass is 16.3. The number of rotatable bonds is 11. The van der Waals surface area contributed by atoms with Crippen LogP contribution in [0.3, 0.4) is 0 Å². The number of anilines is 1. The molecule has 1 amide bonds. The molecule has 10 nitrogen and oxygen atoms in total. The van der Waals surface area contributed by atoms with Crippen molar-refractivity contribution in [3.8, 4) is 0 Å². The molecule has 10 heteroatoms. The number of carbonyl (C=O) groups is 1. The molecule has 4 rings (SSSR count). The van der Waals surface area contributed by atoms with Crippen LogP contribution in [-0.2, 0) is 18.7 Å². The molecule has 0 atom stereocenters. The molecular weight excluding hydrogens is 444 g/mol. The maximum atomic E-state index is 12.4. The number of carbonyl (C=O) groups excluding carboxylic acids is 1. The van der Waals surface area contributed by atoms with Gasteiger partial charge in [0.25, 0.3) is 5.91 Å². The number of nitrogen functional groups attached to an aromatic ring is 1. The minimum Gasteiger partial charge on any atom is -0.402 e. The quantitative estimate of drug-likeness (QED) is 0.265. The number of hydrogen-bond acceptors (Lipinski definition) is 7. The van der Waals surface area contributed by atoms with Gasteiger partial charge in [-0.1, -0.05) is 5.21 Å². The molecule has 186 valence electrons. The molecule has 1 aliphatic carbocycles. The van der Waals surface area contributed by atoms with E-state index in [4.69, 9.17) is 11.5 Å². The average Bonchev–Trinajstić information content (AvgIpc) is 3.45. The molecule has 0 bridgehead atoms. The molecule has 0 spiro atoms. The molecular formula is C25H34N8O2. The normalized spacial score (nSPS) is 14.3. The van der Waals surface area contributed by atoms with Crippen molar-refractivity contribution in [2.24, 2.45) is 5.73 Å². The number of unbranched alkanes of at least 4 members (excludes halogenated alkanes) is 1. The highest BCUT2D eigenvalue weighted by molar-refractivity contribution is 5.91. The van der Waals surface area contributed by atoms with E-state index in [1.807, 2.05) is 6.08 Å². The van der Waals surface area contributed by atoms with E-state index < -0.39 is 5.60 Å². The molecule has 1 aliphatic rings. The summed E-state index contributed by atoms with van der Waals surface area (Å²) < 4.78 is 1.66. The predicted octanol–water partition coefficient (Wildman–Crippen LogP) is 2.79. The van der Waals surface area contributed by atoms with Crippen molar-refractivity contribution in [3.05, 3.63) is 64.5 Å². The number of aromatic nitrogens is 5. The minimum absolute atomic E-state index is 0.231. The Balaban J connectivity index is 1.21. The Labute approximate surface area is 204 Å². The SMILES string of the molecule is CC(C)(O)c1ccnc(CNC(=O)c2cn(CCCC/C(N)=C/c3cc(C4CC4)[nH]c3N)nn2)c1. The van der Waals surface area contributed by atoms with Crippen LogP contribution in [0.2, 0.25) is 0 Å². The standard InChI is InChI=1S/C25H34N8O2/c1-25(2,35)18-8-9-28-20(13-18)14-29-24(34)22-15-33(32-31-22)10-4-3-5-19(26)11-17-12-21(16-6-7-16)30-23(17)27/h8-9,11-13,15-16,30,35H,3-7,10,14,26-27H2,1-2H3,(H,29,34)/b19-11-. The fourth-order valence-corrected chi connectivity index (χ4v) is 3.85. The van der Waals surface area contributed by atoms with Crippen molar-refractivity contribution in [2.45, 2.75) is 70.6 Å². The largest absolute Gasteiger partial charge is 0.402 e. The number of aliphatic hydroxyl groups is 1. The Kier molecular flexibility index (Phi) is 7.20. The van der Waals surface area contributed by atoms with Gasteiger partial charge in [0, 0.05) is 29.7 Å². The summed E-state index contributed by atoms with van der Waals surface area (Å²) in [6, 6.07) is 5.62. The predicted molar refractivity (Wildman–Crippen MR) is 134 cm³/mol. The molecule has 3 aromatic rings. The summed E-state index contributed by atoms with van der Waals surface area (Å²) in [6.07, 6.45) is 10.1. The maximum absolute atomic E-state index is 12.4. The van der Waals surface area contributed by atoms with Gasteiger partial charge in [-0.05, 0) is 81.7 Å². The summed E-state index contributed by atoms with van der Waals surface area (Å²) in [5.74, 6) is 0.967. The van der Waals surface area contributed by atoms with Crippen LogP contribution in [0.1, 0.15) is 84.9 Å². The molecule has 35 heavy (non-hydrogen) atoms. The van der Waals surface area contributed by atoms with E-state index in [2.05, 4.69) is 31.7 Å². The Hall–Kier alpha value is -3.66. The molecule has 3 aromatic heterocycles. The summed E-state index contributed by atoms with van der Waals surface area (Å²) >= 11 is 0. The lowest BCUT2D eigenvalue weighted by Crippen LogP contribution is -2.24. The molecule has 1 fully saturated rings. The van der Waals surface area contributed by atoms with Gasteiger partial charge >= 0.3 is 0 Å². The molecule has 0 aromatic carbocycles. The summed E-state index contributed by atoms with van der Waals surface area (Å²) in [6.45, 7) is 4.28. The second kappa shape index (κ2) is 10.3. The van der Waals surface area contributed by atoms with E-state index in [1.165, 1.54) is 18.5 Å². The topological polar surface area (TPSA) is 161 Å². The van der Waals surface area contributed by atoms with E-state index in [0.717, 1.165) is 36.1 Å². The van der Waals surface area contributed by atoms with Gasteiger partial charge in [0.05, 0.1) is 24.0 Å². The highest BCUT2D eigenvalue weighted by Gasteiger charge is 2.25. The summed E-state index contributed by atoms with van der Waals surface area (Å²) in [4.78, 5) is 19.9. The Morgan fingerprint density at radius 2 is 2.14 bits per heavy atom. The lowest BCUT2D eigenvalue weighted by molar-refractivity contribution is 0.0784. The number of aryl methyl sites for hydroxylation is 1. The molecule has 0 radical (unpaired) electrons. The number of nitrogens with one attached hydrogen (secondary N) is 2. The zero-order valence-electron chi connectivity index (χ0n) is 20.3. The Morgan fingerprint density at radius 3 is 2.89 bits per heavy atom. The first-order valence-electron chi connectivity index (χ1n) is 12.0. The maximum Gasteiger partial charge on any atom is 0.273 e. The lowest BCUT2D eigenvalue weighted by Gasteiger charge is -2.18. The van der Waals surface area contributed by atoms with Crippen LogP contribution in [0, 0.1) is 0 Å². The van der Waals surface area contributed by atoms with E-state index in [-0.39, 0.29) is 18.1 Å². The number of allylic oxidation sites excluding steroid dienone is 1. The Morgan fingerprint density at radius 1 is 1.34 bits per heavy atom. The van der Waals surface area contributed by atoms with Crippen LogP contribution in [0.5, 0.6) is 0 Å². The van der Waals surface area contributed by atoms with Crippen LogP contribution >= 0.6 is 0 Å². The van der Waals surface area contributed by atoms with Crippen molar-refractivity contribution in [1.29, 1.82) is 0 Å². The number of hydrogen-bond donors (Lipinski definition) is 5. The first-order valence-corrected chi connectivity index (χ1v) is 12.0. The molecule has 1 saturated carbocycles. The third kappa shape index (κ3) is 6.69. The van der Waals surface area contributed by atoms with E-state index >= 15 is 0 Å². The number of H-pyrrole nitrogens is 1. The highest BCUT2D eigenvalue weighted by Crippen LogP contribution is 2.40. The van der Waals surface area contributed by atoms with Gasteiger partial charge in [0.15, 0.2) is 5.69 Å². The zero-order valence-corrected chi connectivity index (χ0v) is 20.3. The van der Waals surface area contributed by atoms with Gasteiger partial charge in [-0.15, -0.1) is 5.10 Å². The van der Waals surface area contributed by atoms with Crippen LogP contribution in [0.25, 0.3) is 6.08 Å². The first-order chi connectivity index (χ1) is 16.7. The van der Waals surface area contributed by atoms with Crippen LogP contribution < -0.4 is 16.8 Å². The average molecular weight is 479 g/mol. The Bertz CT molecular complexity index is 1200. The fraction of sp³-hybridized carbons (Fsp3) is 0.440. The van der Waals surface area contributed by atoms with Gasteiger partial charge < -0.3 is 26.9 Å². The van der Waals surface area contributed by atoms with Crippen molar-refractivity contribution < 1.29 is 9.90 Å². The number of pyridine rings is 1. The van der Waals surface area contributed by atoms with Crippen molar-refractivity contribution in [3.63, 3.8) is 0 Å². The van der Waals surface area contributed by atoms with Gasteiger partial charge in [-0.2, -0.15) is 0 Å². The third-order valence-electron chi connectivity index (χ3n) is 6.09. The molecule has 0 saturated heterocycles. The lowest BCUT2D eigenvalue weighted by atomic mass is 9.99. The summed E-state index contributed by atoms with van der Waals surface area (Å²) in [5, 5.41) is 21.0. The monoisotopic (exact) mass is 478 g/mol. The number of nitrogens with zero attached hydrogens (tertiary/aromatic N) is 4. The van der Waals surface area contributed by atoms with Crippen LogP contribution in [-0.4, -0.2) is 36.0 Å². The van der Waals surface area contributed by atoms with Gasteiger partial charge in [0.2, 0.25) is 0 Å². The molecule has 3 heterocycles. The first kappa shape index (κ1) is 24.5. The molecule has 7 N–H and O–H groups in total. The fourth-order valence-electron chi connectivity index (χ4n) is 3.85. The minimum atomic E-state index is -0.972. The van der Waals surface area contributed by atoms with Crippen molar-refractivity contribution in [2.75, 3.05) is 5.73 Å². The van der Waals surface area contributed by atoms with Crippen molar-refractivity contribution >= 4 is 17.8 Å². The van der Waals surface area contributed by atoms with E-state index in [9.17, 15) is 9.90 Å². The van der Waals surface area contributed by atoms with Gasteiger partial charge in [0.1, 0.15) is 5.82 Å². The number of amides is 1. The van der Waals surface area contributed by atoms with E-state index in [0.29, 0.717) is 24.0 Å². The second-order valence-corrected chi connectivity index (χ2v) is 9.69. The summed E-state index contributed by atoms with van der Waals surface area (Å²) in [7, 11) is 0. The third-order valence-corrected chi connectivity index (χ3v) is 6.09. The van der Waals surface area contributed by atoms with Gasteiger partial charge in [-0.25, -0.2) is 0 Å². The number of nitrogens with two attached hydrogens (primary N) is 2. The van der Waals surface area contributed by atoms with Crippen LogP contribution in [0.4, 0.5) is 5.82 Å². The number of aromatic amines is 1. The zero-order chi connectivity index (χ0) is 25.0. The summed E-state index contributed by atoms with van der Waals surface area (Å²) in [5.41, 5.74) is 15.9.